The molecular formula is C12H13FN2O2S2. The molecule has 0 fully saturated rings. The van der Waals surface area contributed by atoms with Gasteiger partial charge in [0.1, 0.15) is 11.6 Å². The number of rotatable bonds is 7. The summed E-state index contributed by atoms with van der Waals surface area (Å²) in [5.74, 6) is 2.43. The molecule has 2 aromatic rings. The summed E-state index contributed by atoms with van der Waals surface area (Å²) >= 11 is 3.07. The van der Waals surface area contributed by atoms with Crippen LogP contribution in [0, 0.1) is 5.82 Å². The van der Waals surface area contributed by atoms with Crippen molar-refractivity contribution in [2.75, 3.05) is 18.6 Å². The largest absolute Gasteiger partial charge is 0.493 e. The van der Waals surface area contributed by atoms with Crippen LogP contribution in [0.1, 0.15) is 5.89 Å². The number of thioether (sulfide) groups is 2. The highest BCUT2D eigenvalue weighted by Crippen LogP contribution is 2.18. The van der Waals surface area contributed by atoms with Gasteiger partial charge in [-0.3, -0.25) is 0 Å². The Balaban J connectivity index is 1.69. The molecule has 0 aliphatic rings. The third-order valence-electron chi connectivity index (χ3n) is 2.11. The van der Waals surface area contributed by atoms with E-state index < -0.39 is 0 Å². The zero-order chi connectivity index (χ0) is 13.5. The van der Waals surface area contributed by atoms with Crippen molar-refractivity contribution in [3.05, 3.63) is 36.0 Å². The summed E-state index contributed by atoms with van der Waals surface area (Å²) in [7, 11) is 0. The van der Waals surface area contributed by atoms with Crippen molar-refractivity contribution in [1.82, 2.24) is 10.2 Å². The number of nitrogens with zero attached hydrogens (tertiary/aromatic N) is 2. The van der Waals surface area contributed by atoms with E-state index in [9.17, 15) is 4.39 Å². The van der Waals surface area contributed by atoms with Crippen LogP contribution in [0.4, 0.5) is 4.39 Å². The van der Waals surface area contributed by atoms with Crippen LogP contribution >= 0.6 is 23.5 Å². The third-order valence-corrected chi connectivity index (χ3v) is 3.43. The highest BCUT2D eigenvalue weighted by Gasteiger charge is 2.05. The Bertz CT molecular complexity index is 505. The predicted molar refractivity (Wildman–Crippen MR) is 74.1 cm³/mol. The van der Waals surface area contributed by atoms with Gasteiger partial charge in [-0.05, 0) is 30.5 Å². The molecule has 0 radical (unpaired) electrons. The maximum Gasteiger partial charge on any atom is 0.276 e. The molecule has 0 N–H and O–H groups in total. The van der Waals surface area contributed by atoms with Crippen molar-refractivity contribution >= 4 is 23.5 Å². The molecule has 1 heterocycles. The molecule has 0 saturated carbocycles. The summed E-state index contributed by atoms with van der Waals surface area (Å²) in [6.45, 7) is 0.497. The van der Waals surface area contributed by atoms with E-state index >= 15 is 0 Å². The molecule has 2 rings (SSSR count). The fraction of sp³-hybridized carbons (Fsp3) is 0.333. The van der Waals surface area contributed by atoms with Gasteiger partial charge >= 0.3 is 0 Å². The van der Waals surface area contributed by atoms with Crippen molar-refractivity contribution in [2.45, 2.75) is 11.0 Å². The third kappa shape index (κ3) is 4.76. The molecule has 102 valence electrons. The van der Waals surface area contributed by atoms with Crippen molar-refractivity contribution in [2.24, 2.45) is 0 Å². The van der Waals surface area contributed by atoms with Crippen LogP contribution in [0.5, 0.6) is 5.75 Å². The summed E-state index contributed by atoms with van der Waals surface area (Å²) in [4.78, 5) is 0. The number of ether oxygens (including phenoxy) is 1. The second-order valence-corrected chi connectivity index (χ2v) is 5.46. The number of hydrogen-bond acceptors (Lipinski definition) is 6. The van der Waals surface area contributed by atoms with Crippen molar-refractivity contribution in [1.29, 1.82) is 0 Å². The topological polar surface area (TPSA) is 48.2 Å². The van der Waals surface area contributed by atoms with Gasteiger partial charge in [0, 0.05) is 5.75 Å². The lowest BCUT2D eigenvalue weighted by atomic mass is 10.3. The van der Waals surface area contributed by atoms with Crippen molar-refractivity contribution in [3.63, 3.8) is 0 Å². The Labute approximate surface area is 119 Å². The van der Waals surface area contributed by atoms with Gasteiger partial charge in [-0.2, -0.15) is 11.8 Å². The minimum absolute atomic E-state index is 0.270. The van der Waals surface area contributed by atoms with E-state index in [1.165, 1.54) is 23.9 Å². The van der Waals surface area contributed by atoms with Crippen molar-refractivity contribution in [3.8, 4) is 5.75 Å². The van der Waals surface area contributed by atoms with Crippen LogP contribution in [0.3, 0.4) is 0 Å². The molecule has 19 heavy (non-hydrogen) atoms. The summed E-state index contributed by atoms with van der Waals surface area (Å²) in [5.41, 5.74) is 0. The summed E-state index contributed by atoms with van der Waals surface area (Å²) in [6.07, 6.45) is 1.98. The van der Waals surface area contributed by atoms with Gasteiger partial charge in [0.05, 0.1) is 12.4 Å². The van der Waals surface area contributed by atoms with E-state index in [-0.39, 0.29) is 5.82 Å². The molecule has 0 bridgehead atoms. The van der Waals surface area contributed by atoms with E-state index in [0.29, 0.717) is 29.2 Å². The predicted octanol–water partition coefficient (Wildman–Crippen LogP) is 3.24. The fourth-order valence-electron chi connectivity index (χ4n) is 1.30. The van der Waals surface area contributed by atoms with Crippen LogP contribution in [-0.2, 0) is 5.75 Å². The Morgan fingerprint density at radius 3 is 2.79 bits per heavy atom. The highest BCUT2D eigenvalue weighted by molar-refractivity contribution is 7.99. The average molecular weight is 300 g/mol. The van der Waals surface area contributed by atoms with Crippen LogP contribution in [-0.4, -0.2) is 28.8 Å². The van der Waals surface area contributed by atoms with Gasteiger partial charge in [-0.25, -0.2) is 4.39 Å². The first-order valence-electron chi connectivity index (χ1n) is 5.60. The summed E-state index contributed by atoms with van der Waals surface area (Å²) in [6, 6.07) is 5.94. The fourth-order valence-corrected chi connectivity index (χ4v) is 2.26. The molecule has 1 aromatic carbocycles. The average Bonchev–Trinajstić information content (AvgIpc) is 2.85. The molecule has 1 aromatic heterocycles. The Morgan fingerprint density at radius 1 is 1.26 bits per heavy atom. The van der Waals surface area contributed by atoms with E-state index in [1.54, 1.807) is 23.9 Å². The van der Waals surface area contributed by atoms with E-state index in [2.05, 4.69) is 10.2 Å². The molecule has 7 heteroatoms. The minimum atomic E-state index is -0.270. The molecule has 0 spiro atoms. The van der Waals surface area contributed by atoms with Gasteiger partial charge < -0.3 is 9.15 Å². The minimum Gasteiger partial charge on any atom is -0.493 e. The zero-order valence-corrected chi connectivity index (χ0v) is 12.0. The van der Waals surface area contributed by atoms with Crippen LogP contribution in [0.25, 0.3) is 0 Å². The quantitative estimate of drug-likeness (QED) is 0.578. The maximum absolute atomic E-state index is 12.7. The molecule has 4 nitrogen and oxygen atoms in total. The highest BCUT2D eigenvalue weighted by atomic mass is 32.2. The number of halogens is 1. The lowest BCUT2D eigenvalue weighted by Gasteiger charge is -2.04. The molecule has 0 amide bonds. The zero-order valence-electron chi connectivity index (χ0n) is 10.3. The van der Waals surface area contributed by atoms with E-state index in [4.69, 9.17) is 9.15 Å². The van der Waals surface area contributed by atoms with E-state index in [1.807, 2.05) is 6.26 Å². The van der Waals surface area contributed by atoms with Crippen LogP contribution in [0.2, 0.25) is 0 Å². The maximum atomic E-state index is 12.7. The lowest BCUT2D eigenvalue weighted by molar-refractivity contribution is 0.342. The van der Waals surface area contributed by atoms with Gasteiger partial charge in [0.25, 0.3) is 5.22 Å². The lowest BCUT2D eigenvalue weighted by Crippen LogP contribution is -1.99. The SMILES string of the molecule is CSCc1nnc(SCCOc2ccc(F)cc2)o1. The van der Waals surface area contributed by atoms with Crippen LogP contribution < -0.4 is 4.74 Å². The molecule has 0 saturated heterocycles. The van der Waals surface area contributed by atoms with Gasteiger partial charge in [-0.1, -0.05) is 11.8 Å². The molecular weight excluding hydrogens is 287 g/mol. The van der Waals surface area contributed by atoms with E-state index in [0.717, 1.165) is 5.75 Å². The molecule has 0 aliphatic heterocycles. The smallest absolute Gasteiger partial charge is 0.276 e. The number of hydrogen-bond donors (Lipinski definition) is 0. The standard InChI is InChI=1S/C12H13FN2O2S2/c1-18-8-11-14-15-12(17-11)19-7-6-16-10-4-2-9(13)3-5-10/h2-5H,6-8H2,1H3. The monoisotopic (exact) mass is 300 g/mol. The van der Waals surface area contributed by atoms with Crippen LogP contribution in [0.15, 0.2) is 33.9 Å². The number of aromatic nitrogens is 2. The Morgan fingerprint density at radius 2 is 2.05 bits per heavy atom. The Hall–Kier alpha value is -1.21. The first-order valence-corrected chi connectivity index (χ1v) is 7.98. The Kier molecular flexibility index (Phi) is 5.53. The molecule has 0 unspecified atom stereocenters. The second-order valence-electron chi connectivity index (χ2n) is 3.55. The summed E-state index contributed by atoms with van der Waals surface area (Å²) in [5, 5.41) is 8.38. The van der Waals surface area contributed by atoms with Crippen molar-refractivity contribution < 1.29 is 13.5 Å². The van der Waals surface area contributed by atoms with Gasteiger partial charge in [0.15, 0.2) is 0 Å². The van der Waals surface area contributed by atoms with Gasteiger partial charge in [0.2, 0.25) is 5.89 Å². The number of benzene rings is 1. The second kappa shape index (κ2) is 7.40. The summed E-state index contributed by atoms with van der Waals surface area (Å²) < 4.78 is 23.5. The van der Waals surface area contributed by atoms with Gasteiger partial charge in [-0.15, -0.1) is 10.2 Å². The molecule has 0 aliphatic carbocycles. The first-order chi connectivity index (χ1) is 9.28. The first kappa shape index (κ1) is 14.2. The molecule has 0 atom stereocenters. The normalized spacial score (nSPS) is 10.6.